The maximum atomic E-state index is 13.9. The van der Waals surface area contributed by atoms with Gasteiger partial charge in [0.25, 0.3) is 11.2 Å². The standard InChI is InChI=1S/C31H20ClN3O4S/c32-24-14-11-20(16-25(24)35(37)38)26-15-12-21(39-26)17-27-30(36)34-29(19-7-2-1-3-8-19)23-13-10-18-6-4-5-9-22(18)28(23)33-31(34)40-27/h1-9,11-12,14-17,29H,10,13H2/b27-17+/t29-/m0/s1. The molecular formula is C31H20ClN3O4S. The van der Waals surface area contributed by atoms with Gasteiger partial charge in [0.2, 0.25) is 0 Å². The number of nitro benzene ring substituents is 1. The second kappa shape index (κ2) is 9.59. The number of benzene rings is 3. The Kier molecular flexibility index (Phi) is 5.87. The molecule has 0 saturated heterocycles. The Bertz CT molecular complexity index is 2040. The van der Waals surface area contributed by atoms with Gasteiger partial charge in [-0.25, -0.2) is 4.99 Å². The Morgan fingerprint density at radius 2 is 1.82 bits per heavy atom. The molecule has 0 unspecified atom stereocenters. The summed E-state index contributed by atoms with van der Waals surface area (Å²) < 4.78 is 8.28. The lowest BCUT2D eigenvalue weighted by Gasteiger charge is -2.30. The lowest BCUT2D eigenvalue weighted by Crippen LogP contribution is -2.38. The average Bonchev–Trinajstić information content (AvgIpc) is 3.56. The number of allylic oxidation sites excluding steroid dienone is 1. The van der Waals surface area contributed by atoms with Crippen LogP contribution in [0.2, 0.25) is 5.02 Å². The molecule has 0 fully saturated rings. The molecule has 2 aromatic heterocycles. The van der Waals surface area contributed by atoms with E-state index in [1.165, 1.54) is 29.0 Å². The van der Waals surface area contributed by atoms with E-state index in [1.807, 2.05) is 24.3 Å². The molecule has 0 bridgehead atoms. The third-order valence-electron chi connectivity index (χ3n) is 7.32. The molecule has 3 heterocycles. The van der Waals surface area contributed by atoms with Crippen LogP contribution in [0.5, 0.6) is 0 Å². The topological polar surface area (TPSA) is 90.6 Å². The van der Waals surface area contributed by atoms with Gasteiger partial charge in [-0.1, -0.05) is 77.5 Å². The van der Waals surface area contributed by atoms with Crippen LogP contribution in [-0.2, 0) is 6.42 Å². The Hall–Kier alpha value is -4.53. The Balaban J connectivity index is 1.36. The molecule has 2 aliphatic rings. The lowest BCUT2D eigenvalue weighted by atomic mass is 9.83. The zero-order valence-electron chi connectivity index (χ0n) is 20.9. The number of hydrogen-bond donors (Lipinski definition) is 0. The molecule has 7 rings (SSSR count). The average molecular weight is 566 g/mol. The second-order valence-electron chi connectivity index (χ2n) is 9.65. The molecule has 1 atom stereocenters. The van der Waals surface area contributed by atoms with E-state index in [0.717, 1.165) is 35.2 Å². The number of hydrogen-bond acceptors (Lipinski definition) is 6. The van der Waals surface area contributed by atoms with Gasteiger partial charge in [-0.15, -0.1) is 0 Å². The zero-order valence-corrected chi connectivity index (χ0v) is 22.5. The largest absolute Gasteiger partial charge is 0.457 e. The summed E-state index contributed by atoms with van der Waals surface area (Å²) in [5.41, 5.74) is 5.72. The normalized spacial score (nSPS) is 16.2. The van der Waals surface area contributed by atoms with Gasteiger partial charge in [0, 0.05) is 23.3 Å². The smallest absolute Gasteiger partial charge is 0.288 e. The van der Waals surface area contributed by atoms with Crippen molar-refractivity contribution in [2.75, 3.05) is 0 Å². The van der Waals surface area contributed by atoms with E-state index >= 15 is 0 Å². The quantitative estimate of drug-likeness (QED) is 0.193. The highest BCUT2D eigenvalue weighted by atomic mass is 35.5. The van der Waals surface area contributed by atoms with Crippen molar-refractivity contribution < 1.29 is 9.34 Å². The first-order valence-electron chi connectivity index (χ1n) is 12.7. The van der Waals surface area contributed by atoms with E-state index in [0.29, 0.717) is 26.4 Å². The molecule has 0 radical (unpaired) electrons. The van der Waals surface area contributed by atoms with Gasteiger partial charge in [0.1, 0.15) is 16.5 Å². The highest BCUT2D eigenvalue weighted by Gasteiger charge is 2.32. The number of rotatable bonds is 4. The summed E-state index contributed by atoms with van der Waals surface area (Å²) in [6, 6.07) is 26.1. The van der Waals surface area contributed by atoms with E-state index in [4.69, 9.17) is 21.0 Å². The summed E-state index contributed by atoms with van der Waals surface area (Å²) in [7, 11) is 0. The molecule has 3 aromatic carbocycles. The Labute approximate surface area is 236 Å². The number of aryl methyl sites for hydroxylation is 1. The summed E-state index contributed by atoms with van der Waals surface area (Å²) in [4.78, 5) is 30.3. The van der Waals surface area contributed by atoms with Gasteiger partial charge in [-0.05, 0) is 53.8 Å². The van der Waals surface area contributed by atoms with Gasteiger partial charge < -0.3 is 4.42 Å². The zero-order chi connectivity index (χ0) is 27.4. The van der Waals surface area contributed by atoms with E-state index in [9.17, 15) is 14.9 Å². The van der Waals surface area contributed by atoms with Crippen LogP contribution in [0, 0.1) is 10.1 Å². The number of thiazole rings is 1. The second-order valence-corrected chi connectivity index (χ2v) is 11.1. The minimum absolute atomic E-state index is 0.0555. The first kappa shape index (κ1) is 24.5. The monoisotopic (exact) mass is 565 g/mol. The van der Waals surface area contributed by atoms with Crippen molar-refractivity contribution in [1.82, 2.24) is 4.57 Å². The third-order valence-corrected chi connectivity index (χ3v) is 8.62. The van der Waals surface area contributed by atoms with E-state index in [1.54, 1.807) is 28.8 Å². The van der Waals surface area contributed by atoms with Crippen LogP contribution in [0.25, 0.3) is 23.1 Å². The van der Waals surface area contributed by atoms with Crippen LogP contribution >= 0.6 is 22.9 Å². The molecule has 40 heavy (non-hydrogen) atoms. The van der Waals surface area contributed by atoms with Crippen molar-refractivity contribution in [3.63, 3.8) is 0 Å². The number of furan rings is 1. The van der Waals surface area contributed by atoms with Crippen molar-refractivity contribution >= 4 is 40.4 Å². The van der Waals surface area contributed by atoms with E-state index < -0.39 is 4.92 Å². The highest BCUT2D eigenvalue weighted by molar-refractivity contribution is 7.07. The fraction of sp³-hybridized carbons (Fsp3) is 0.0968. The summed E-state index contributed by atoms with van der Waals surface area (Å²) in [5, 5.41) is 11.4. The summed E-state index contributed by atoms with van der Waals surface area (Å²) in [5.74, 6) is 0.899. The SMILES string of the molecule is O=c1/c(=C\c2ccc(-c3ccc(Cl)c([N+](=O)[O-])c3)o2)sc2n1[C@@H](c1ccccc1)C1=C(N=2)c2ccccc2CC1. The molecule has 196 valence electrons. The van der Waals surface area contributed by atoms with Crippen molar-refractivity contribution in [1.29, 1.82) is 0 Å². The number of fused-ring (bicyclic) bond motifs is 3. The molecule has 0 spiro atoms. The van der Waals surface area contributed by atoms with Gasteiger partial charge >= 0.3 is 0 Å². The minimum Gasteiger partial charge on any atom is -0.457 e. The van der Waals surface area contributed by atoms with Crippen LogP contribution < -0.4 is 14.9 Å². The summed E-state index contributed by atoms with van der Waals surface area (Å²) in [6.45, 7) is 0. The van der Waals surface area contributed by atoms with Crippen LogP contribution in [0.15, 0.2) is 105 Å². The third kappa shape index (κ3) is 4.04. The van der Waals surface area contributed by atoms with Crippen molar-refractivity contribution in [3.05, 3.63) is 148 Å². The molecule has 1 aliphatic heterocycles. The molecule has 0 N–H and O–H groups in total. The molecule has 7 nitrogen and oxygen atoms in total. The van der Waals surface area contributed by atoms with Crippen LogP contribution in [0.4, 0.5) is 5.69 Å². The van der Waals surface area contributed by atoms with Crippen LogP contribution in [0.3, 0.4) is 0 Å². The maximum absolute atomic E-state index is 13.9. The highest BCUT2D eigenvalue weighted by Crippen LogP contribution is 2.41. The predicted octanol–water partition coefficient (Wildman–Crippen LogP) is 6.14. The van der Waals surface area contributed by atoms with Gasteiger partial charge in [0.15, 0.2) is 4.80 Å². The Morgan fingerprint density at radius 3 is 2.65 bits per heavy atom. The number of aromatic nitrogens is 1. The first-order chi connectivity index (χ1) is 19.5. The molecule has 0 amide bonds. The lowest BCUT2D eigenvalue weighted by molar-refractivity contribution is -0.384. The van der Waals surface area contributed by atoms with E-state index in [2.05, 4.69) is 30.3 Å². The summed E-state index contributed by atoms with van der Waals surface area (Å²) >= 11 is 7.29. The maximum Gasteiger partial charge on any atom is 0.288 e. The number of nitro groups is 1. The molecule has 9 heteroatoms. The minimum atomic E-state index is -0.530. The van der Waals surface area contributed by atoms with Gasteiger partial charge in [-0.2, -0.15) is 0 Å². The van der Waals surface area contributed by atoms with Gasteiger partial charge in [-0.3, -0.25) is 19.5 Å². The van der Waals surface area contributed by atoms with Crippen molar-refractivity contribution in [2.45, 2.75) is 18.9 Å². The number of nitrogens with zero attached hydrogens (tertiary/aromatic N) is 3. The summed E-state index contributed by atoms with van der Waals surface area (Å²) in [6.07, 6.45) is 3.43. The molecular weight excluding hydrogens is 546 g/mol. The van der Waals surface area contributed by atoms with Gasteiger partial charge in [0.05, 0.1) is 21.2 Å². The first-order valence-corrected chi connectivity index (χ1v) is 13.9. The fourth-order valence-corrected chi connectivity index (χ4v) is 6.65. The molecule has 5 aromatic rings. The molecule has 1 aliphatic carbocycles. The number of halogens is 1. The fourth-order valence-electron chi connectivity index (χ4n) is 5.48. The molecule has 0 saturated carbocycles. The van der Waals surface area contributed by atoms with Crippen LogP contribution in [0.1, 0.15) is 34.9 Å². The van der Waals surface area contributed by atoms with Crippen molar-refractivity contribution in [2.24, 2.45) is 4.99 Å². The van der Waals surface area contributed by atoms with E-state index in [-0.39, 0.29) is 22.3 Å². The predicted molar refractivity (Wildman–Crippen MR) is 155 cm³/mol. The Morgan fingerprint density at radius 1 is 1.02 bits per heavy atom. The van der Waals surface area contributed by atoms with Crippen LogP contribution in [-0.4, -0.2) is 9.49 Å². The van der Waals surface area contributed by atoms with Crippen molar-refractivity contribution in [3.8, 4) is 11.3 Å².